The monoisotopic (exact) mass is 515 g/mol. The lowest BCUT2D eigenvalue weighted by Crippen LogP contribution is -2.53. The molecule has 7 nitrogen and oxygen atoms in total. The van der Waals surface area contributed by atoms with E-state index in [0.717, 1.165) is 6.92 Å². The van der Waals surface area contributed by atoms with Crippen LogP contribution in [0.4, 0.5) is 18.9 Å². The van der Waals surface area contributed by atoms with Crippen molar-refractivity contribution in [2.45, 2.75) is 37.8 Å². The Morgan fingerprint density at radius 1 is 1.33 bits per heavy atom. The number of amides is 1. The minimum Gasteiger partial charge on any atom is -0.369 e. The maximum absolute atomic E-state index is 15.3. The molecule has 0 radical (unpaired) electrons. The van der Waals surface area contributed by atoms with Gasteiger partial charge in [0.2, 0.25) is 0 Å². The topological polar surface area (TPSA) is 99.4 Å². The number of carbonyl (C=O) groups is 1. The zero-order chi connectivity index (χ0) is 26.1. The highest BCUT2D eigenvalue weighted by Crippen LogP contribution is 2.49. The van der Waals surface area contributed by atoms with Gasteiger partial charge in [0.1, 0.15) is 29.2 Å². The molecule has 3 heterocycles. The molecule has 3 unspecified atom stereocenters. The first-order valence-corrected chi connectivity index (χ1v) is 12.1. The molecule has 2 N–H and O–H groups in total. The zero-order valence-corrected chi connectivity index (χ0v) is 20.5. The highest BCUT2D eigenvalue weighted by molar-refractivity contribution is 8.13. The number of ether oxygens (including phenoxy) is 1. The summed E-state index contributed by atoms with van der Waals surface area (Å²) >= 11 is 1.36. The third-order valence-corrected chi connectivity index (χ3v) is 7.14. The van der Waals surface area contributed by atoms with Crippen LogP contribution in [0.1, 0.15) is 41.9 Å². The number of hydrogen-bond acceptors (Lipinski definition) is 7. The van der Waals surface area contributed by atoms with Crippen LogP contribution in [-0.4, -0.2) is 40.4 Å². The number of alkyl halides is 2. The number of anilines is 1. The van der Waals surface area contributed by atoms with Gasteiger partial charge >= 0.3 is 0 Å². The third-order valence-electron chi connectivity index (χ3n) is 6.10. The first-order chi connectivity index (χ1) is 17.0. The van der Waals surface area contributed by atoms with Crippen molar-refractivity contribution in [2.75, 3.05) is 17.7 Å². The molecule has 1 aromatic carbocycles. The Labute approximate surface area is 210 Å². The number of fused-ring (bicyclic) bond motifs is 1. The van der Waals surface area contributed by atoms with Crippen molar-refractivity contribution in [2.24, 2.45) is 10.9 Å². The standard InChI is InChI=1S/C25H24F3N5O2S/c1-14(2)31-23-33-25(13-35-21(24(3,27)28)8-16(25)12-36-23)18-9-17(5-6-19(18)26)32-22(34)20-7-4-15(10-29)11-30-20/h4-7,9,11,16,21H,1,8,12-13H2,2-3H3,(H,31,33)(H,32,34). The van der Waals surface area contributed by atoms with Gasteiger partial charge in [-0.2, -0.15) is 5.26 Å². The Morgan fingerprint density at radius 2 is 2.11 bits per heavy atom. The molecule has 2 aromatic rings. The predicted molar refractivity (Wildman–Crippen MR) is 131 cm³/mol. The minimum absolute atomic E-state index is 0.00839. The molecule has 1 fully saturated rings. The molecular weight excluding hydrogens is 491 g/mol. The fourth-order valence-corrected chi connectivity index (χ4v) is 5.52. The van der Waals surface area contributed by atoms with Gasteiger partial charge in [-0.05, 0) is 43.7 Å². The summed E-state index contributed by atoms with van der Waals surface area (Å²) in [4.78, 5) is 21.4. The van der Waals surface area contributed by atoms with Crippen LogP contribution < -0.4 is 10.6 Å². The van der Waals surface area contributed by atoms with Gasteiger partial charge in [0.25, 0.3) is 11.8 Å². The second kappa shape index (κ2) is 9.95. The molecule has 0 spiro atoms. The molecule has 4 rings (SSSR count). The second-order valence-corrected chi connectivity index (χ2v) is 9.95. The predicted octanol–water partition coefficient (Wildman–Crippen LogP) is 4.83. The summed E-state index contributed by atoms with van der Waals surface area (Å²) < 4.78 is 49.1. The molecular formula is C25H24F3N5O2S. The van der Waals surface area contributed by atoms with E-state index in [1.54, 1.807) is 6.92 Å². The smallest absolute Gasteiger partial charge is 0.274 e. The van der Waals surface area contributed by atoms with Crippen molar-refractivity contribution >= 4 is 28.5 Å². The van der Waals surface area contributed by atoms with Crippen LogP contribution in [0, 0.1) is 23.1 Å². The first-order valence-electron chi connectivity index (χ1n) is 11.1. The highest BCUT2D eigenvalue weighted by Gasteiger charge is 2.53. The van der Waals surface area contributed by atoms with Gasteiger partial charge in [-0.15, -0.1) is 0 Å². The Morgan fingerprint density at radius 3 is 2.75 bits per heavy atom. The van der Waals surface area contributed by atoms with E-state index in [1.807, 2.05) is 6.07 Å². The number of hydrogen-bond donors (Lipinski definition) is 2. The number of aromatic nitrogens is 1. The number of nitriles is 1. The molecule has 2 aliphatic rings. The van der Waals surface area contributed by atoms with E-state index in [1.165, 1.54) is 48.3 Å². The van der Waals surface area contributed by atoms with E-state index in [2.05, 4.69) is 22.2 Å². The van der Waals surface area contributed by atoms with Gasteiger partial charge in [-0.3, -0.25) is 4.79 Å². The van der Waals surface area contributed by atoms with Crippen LogP contribution in [0.3, 0.4) is 0 Å². The van der Waals surface area contributed by atoms with E-state index in [0.29, 0.717) is 22.2 Å². The number of halogens is 3. The zero-order valence-electron chi connectivity index (χ0n) is 19.6. The van der Waals surface area contributed by atoms with Crippen molar-refractivity contribution < 1.29 is 22.7 Å². The van der Waals surface area contributed by atoms with Crippen LogP contribution >= 0.6 is 11.8 Å². The molecule has 36 heavy (non-hydrogen) atoms. The summed E-state index contributed by atoms with van der Waals surface area (Å²) in [5, 5.41) is 15.1. The fraction of sp³-hybridized carbons (Fsp3) is 0.360. The number of aliphatic imine (C=N–C) groups is 1. The number of nitrogens with zero attached hydrogens (tertiary/aromatic N) is 3. The number of rotatable bonds is 5. The molecule has 2 aliphatic heterocycles. The van der Waals surface area contributed by atoms with Gasteiger partial charge < -0.3 is 15.4 Å². The van der Waals surface area contributed by atoms with Gasteiger partial charge in [0.15, 0.2) is 5.17 Å². The van der Waals surface area contributed by atoms with Crippen LogP contribution in [0.25, 0.3) is 0 Å². The van der Waals surface area contributed by atoms with E-state index in [-0.39, 0.29) is 30.0 Å². The number of nitrogens with one attached hydrogen (secondary N) is 2. The maximum atomic E-state index is 15.3. The normalized spacial score (nSPS) is 23.6. The largest absolute Gasteiger partial charge is 0.369 e. The maximum Gasteiger partial charge on any atom is 0.274 e. The Kier molecular flexibility index (Phi) is 7.11. The first kappa shape index (κ1) is 25.7. The molecule has 0 bridgehead atoms. The summed E-state index contributed by atoms with van der Waals surface area (Å²) in [6, 6.07) is 8.85. The lowest BCUT2D eigenvalue weighted by Gasteiger charge is -2.47. The molecule has 1 aromatic heterocycles. The second-order valence-electron chi connectivity index (χ2n) is 8.94. The molecule has 3 atom stereocenters. The van der Waals surface area contributed by atoms with Gasteiger partial charge in [0.05, 0.1) is 12.2 Å². The Hall–Kier alpha value is -3.36. The fourth-order valence-electron chi connectivity index (χ4n) is 4.27. The molecule has 1 saturated heterocycles. The van der Waals surface area contributed by atoms with Crippen LogP contribution in [0.15, 0.2) is 53.8 Å². The van der Waals surface area contributed by atoms with E-state index in [4.69, 9.17) is 15.0 Å². The van der Waals surface area contributed by atoms with Crippen LogP contribution in [0.2, 0.25) is 0 Å². The number of amidine groups is 1. The van der Waals surface area contributed by atoms with Crippen molar-refractivity contribution in [3.8, 4) is 6.07 Å². The Bertz CT molecular complexity index is 1260. The van der Waals surface area contributed by atoms with Gasteiger partial charge in [0, 0.05) is 41.7 Å². The number of pyridine rings is 1. The Balaban J connectivity index is 1.70. The average Bonchev–Trinajstić information content (AvgIpc) is 2.83. The van der Waals surface area contributed by atoms with Crippen molar-refractivity contribution in [1.82, 2.24) is 10.3 Å². The number of allylic oxidation sites excluding steroid dienone is 1. The molecule has 0 aliphatic carbocycles. The summed E-state index contributed by atoms with van der Waals surface area (Å²) in [6.07, 6.45) is -0.0420. The molecule has 11 heteroatoms. The van der Waals surface area contributed by atoms with Crippen LogP contribution in [0.5, 0.6) is 0 Å². The molecule has 0 saturated carbocycles. The quantitative estimate of drug-likeness (QED) is 0.592. The molecule has 188 valence electrons. The highest BCUT2D eigenvalue weighted by atomic mass is 32.2. The summed E-state index contributed by atoms with van der Waals surface area (Å²) in [5.74, 6) is -4.23. The van der Waals surface area contributed by atoms with Crippen molar-refractivity contribution in [3.63, 3.8) is 0 Å². The lowest BCUT2D eigenvalue weighted by atomic mass is 9.74. The SMILES string of the molecule is C=C(C)NC1=NC2(c3cc(NC(=O)c4ccc(C#N)cn4)ccc3F)COC(C(C)(F)F)CC2CS1. The van der Waals surface area contributed by atoms with E-state index in [9.17, 15) is 13.6 Å². The van der Waals surface area contributed by atoms with Crippen molar-refractivity contribution in [3.05, 3.63) is 71.4 Å². The molecule has 1 amide bonds. The number of carbonyl (C=O) groups excluding carboxylic acids is 1. The van der Waals surface area contributed by atoms with Gasteiger partial charge in [-0.1, -0.05) is 18.3 Å². The number of benzene rings is 1. The van der Waals surface area contributed by atoms with Gasteiger partial charge in [-0.25, -0.2) is 23.1 Å². The van der Waals surface area contributed by atoms with Crippen molar-refractivity contribution in [1.29, 1.82) is 5.26 Å². The van der Waals surface area contributed by atoms with Crippen LogP contribution in [-0.2, 0) is 10.3 Å². The average molecular weight is 516 g/mol. The third kappa shape index (κ3) is 5.24. The van der Waals surface area contributed by atoms with E-state index < -0.39 is 35.2 Å². The summed E-state index contributed by atoms with van der Waals surface area (Å²) in [5.41, 5.74) is 0.147. The number of thioether (sulfide) groups is 1. The summed E-state index contributed by atoms with van der Waals surface area (Å²) in [6.45, 7) is 6.13. The lowest BCUT2D eigenvalue weighted by molar-refractivity contribution is -0.170. The van der Waals surface area contributed by atoms with E-state index >= 15 is 4.39 Å². The minimum atomic E-state index is -3.06. The summed E-state index contributed by atoms with van der Waals surface area (Å²) in [7, 11) is 0.